The lowest BCUT2D eigenvalue weighted by Gasteiger charge is -2.09. The molecule has 100 valence electrons. The molecule has 0 amide bonds. The molecule has 0 aliphatic heterocycles. The second-order valence-electron chi connectivity index (χ2n) is 3.75. The highest BCUT2D eigenvalue weighted by atomic mass is 79.9. The van der Waals surface area contributed by atoms with Crippen molar-refractivity contribution in [2.45, 2.75) is 6.54 Å². The van der Waals surface area contributed by atoms with Gasteiger partial charge in [0.1, 0.15) is 12.4 Å². The van der Waals surface area contributed by atoms with E-state index in [0.717, 1.165) is 15.8 Å². The third kappa shape index (κ3) is 4.18. The van der Waals surface area contributed by atoms with Crippen LogP contribution in [0.2, 0.25) is 0 Å². The molecule has 19 heavy (non-hydrogen) atoms. The van der Waals surface area contributed by atoms with Crippen molar-refractivity contribution in [2.24, 2.45) is 0 Å². The monoisotopic (exact) mass is 323 g/mol. The number of aliphatic hydroxyl groups excluding tert-OH is 1. The number of anilines is 1. The smallest absolute Gasteiger partial charge is 0.222 e. The van der Waals surface area contributed by atoms with Crippen LogP contribution in [0.25, 0.3) is 0 Å². The SMILES string of the molecule is OCCOc1ccc(CNc2ncccn2)c(Br)c1. The van der Waals surface area contributed by atoms with Crippen molar-refractivity contribution in [2.75, 3.05) is 18.5 Å². The van der Waals surface area contributed by atoms with Gasteiger partial charge in [0.05, 0.1) is 6.61 Å². The summed E-state index contributed by atoms with van der Waals surface area (Å²) in [6.45, 7) is 0.916. The summed E-state index contributed by atoms with van der Waals surface area (Å²) in [6, 6.07) is 7.46. The molecule has 2 aromatic rings. The Morgan fingerprint density at radius 2 is 2.05 bits per heavy atom. The van der Waals surface area contributed by atoms with Crippen molar-refractivity contribution in [3.63, 3.8) is 0 Å². The van der Waals surface area contributed by atoms with Crippen molar-refractivity contribution in [1.29, 1.82) is 0 Å². The Morgan fingerprint density at radius 3 is 2.74 bits per heavy atom. The fourth-order valence-corrected chi connectivity index (χ4v) is 1.99. The zero-order valence-corrected chi connectivity index (χ0v) is 11.8. The van der Waals surface area contributed by atoms with Gasteiger partial charge >= 0.3 is 0 Å². The molecule has 0 fully saturated rings. The van der Waals surface area contributed by atoms with E-state index in [9.17, 15) is 0 Å². The predicted octanol–water partition coefficient (Wildman–Crippen LogP) is 2.22. The van der Waals surface area contributed by atoms with Gasteiger partial charge in [-0.3, -0.25) is 0 Å². The summed E-state index contributed by atoms with van der Waals surface area (Å²) in [4.78, 5) is 8.18. The van der Waals surface area contributed by atoms with E-state index in [-0.39, 0.29) is 6.61 Å². The Morgan fingerprint density at radius 1 is 1.26 bits per heavy atom. The zero-order valence-electron chi connectivity index (χ0n) is 10.2. The average Bonchev–Trinajstić information content (AvgIpc) is 2.45. The molecule has 0 aliphatic rings. The highest BCUT2D eigenvalue weighted by Gasteiger charge is 2.03. The first-order chi connectivity index (χ1) is 9.29. The lowest BCUT2D eigenvalue weighted by molar-refractivity contribution is 0.201. The molecule has 0 atom stereocenters. The first kappa shape index (κ1) is 13.8. The molecule has 0 saturated heterocycles. The highest BCUT2D eigenvalue weighted by molar-refractivity contribution is 9.10. The van der Waals surface area contributed by atoms with Crippen LogP contribution in [0, 0.1) is 0 Å². The molecule has 0 bridgehead atoms. The van der Waals surface area contributed by atoms with Crippen LogP contribution in [0.15, 0.2) is 41.1 Å². The van der Waals surface area contributed by atoms with Crippen LogP contribution in [-0.4, -0.2) is 28.3 Å². The van der Waals surface area contributed by atoms with Gasteiger partial charge in [-0.15, -0.1) is 0 Å². The number of aliphatic hydroxyl groups is 1. The van der Waals surface area contributed by atoms with Crippen LogP contribution in [0.1, 0.15) is 5.56 Å². The van der Waals surface area contributed by atoms with E-state index in [2.05, 4.69) is 31.2 Å². The Hall–Kier alpha value is -1.66. The van der Waals surface area contributed by atoms with Crippen molar-refractivity contribution in [3.8, 4) is 5.75 Å². The van der Waals surface area contributed by atoms with Gasteiger partial charge < -0.3 is 15.2 Å². The summed E-state index contributed by atoms with van der Waals surface area (Å²) in [5, 5.41) is 11.8. The molecule has 0 aliphatic carbocycles. The van der Waals surface area contributed by atoms with Crippen molar-refractivity contribution in [1.82, 2.24) is 9.97 Å². The fraction of sp³-hybridized carbons (Fsp3) is 0.231. The lowest BCUT2D eigenvalue weighted by Crippen LogP contribution is -2.04. The van der Waals surface area contributed by atoms with Gasteiger partial charge in [0.2, 0.25) is 5.95 Å². The molecule has 5 nitrogen and oxygen atoms in total. The number of ether oxygens (including phenoxy) is 1. The first-order valence-corrected chi connectivity index (χ1v) is 6.62. The maximum Gasteiger partial charge on any atom is 0.222 e. The Bertz CT molecular complexity index is 523. The van der Waals surface area contributed by atoms with Gasteiger partial charge in [-0.2, -0.15) is 0 Å². The molecule has 6 heteroatoms. The zero-order chi connectivity index (χ0) is 13.5. The summed E-state index contributed by atoms with van der Waals surface area (Å²) in [7, 11) is 0. The quantitative estimate of drug-likeness (QED) is 0.853. The van der Waals surface area contributed by atoms with E-state index in [0.29, 0.717) is 19.1 Å². The normalized spacial score (nSPS) is 10.2. The molecule has 0 saturated carbocycles. The summed E-state index contributed by atoms with van der Waals surface area (Å²) < 4.78 is 6.27. The fourth-order valence-electron chi connectivity index (χ4n) is 1.49. The van der Waals surface area contributed by atoms with E-state index in [1.54, 1.807) is 18.5 Å². The number of hydrogen-bond acceptors (Lipinski definition) is 5. The molecular formula is C13H14BrN3O2. The average molecular weight is 324 g/mol. The van der Waals surface area contributed by atoms with Gasteiger partial charge in [0, 0.05) is 23.4 Å². The van der Waals surface area contributed by atoms with E-state index < -0.39 is 0 Å². The van der Waals surface area contributed by atoms with Crippen LogP contribution < -0.4 is 10.1 Å². The van der Waals surface area contributed by atoms with Crippen LogP contribution in [0.3, 0.4) is 0 Å². The molecule has 1 aromatic carbocycles. The molecular weight excluding hydrogens is 310 g/mol. The maximum atomic E-state index is 8.70. The summed E-state index contributed by atoms with van der Waals surface area (Å²) in [5.41, 5.74) is 1.07. The number of halogens is 1. The summed E-state index contributed by atoms with van der Waals surface area (Å²) >= 11 is 3.49. The van der Waals surface area contributed by atoms with Crippen molar-refractivity contribution in [3.05, 3.63) is 46.7 Å². The van der Waals surface area contributed by atoms with Crippen molar-refractivity contribution >= 4 is 21.9 Å². The minimum atomic E-state index is 0.00622. The Labute approximate surface area is 119 Å². The van der Waals surface area contributed by atoms with E-state index >= 15 is 0 Å². The highest BCUT2D eigenvalue weighted by Crippen LogP contribution is 2.23. The van der Waals surface area contributed by atoms with Crippen molar-refractivity contribution < 1.29 is 9.84 Å². The number of rotatable bonds is 6. The van der Waals surface area contributed by atoms with Gasteiger partial charge in [0.25, 0.3) is 0 Å². The van der Waals surface area contributed by atoms with E-state index in [1.165, 1.54) is 0 Å². The summed E-state index contributed by atoms with van der Waals surface area (Å²) in [6.07, 6.45) is 3.38. The third-order valence-electron chi connectivity index (χ3n) is 2.39. The molecule has 0 spiro atoms. The van der Waals surface area contributed by atoms with Crippen LogP contribution in [-0.2, 0) is 6.54 Å². The lowest BCUT2D eigenvalue weighted by atomic mass is 10.2. The van der Waals surface area contributed by atoms with Gasteiger partial charge in [0.15, 0.2) is 0 Å². The number of nitrogens with zero attached hydrogens (tertiary/aromatic N) is 2. The number of hydrogen-bond donors (Lipinski definition) is 2. The minimum Gasteiger partial charge on any atom is -0.491 e. The number of nitrogens with one attached hydrogen (secondary N) is 1. The summed E-state index contributed by atoms with van der Waals surface area (Å²) in [5.74, 6) is 1.32. The standard InChI is InChI=1S/C13H14BrN3O2/c14-12-8-11(19-7-6-18)3-2-10(12)9-17-13-15-4-1-5-16-13/h1-5,8,18H,6-7,9H2,(H,15,16,17). The van der Waals surface area contributed by atoms with Crippen LogP contribution in [0.5, 0.6) is 5.75 Å². The Balaban J connectivity index is 1.97. The largest absolute Gasteiger partial charge is 0.491 e. The Kier molecular flexibility index (Phi) is 5.11. The first-order valence-electron chi connectivity index (χ1n) is 5.82. The minimum absolute atomic E-state index is 0.00622. The molecule has 2 N–H and O–H groups in total. The second-order valence-corrected chi connectivity index (χ2v) is 4.61. The number of aromatic nitrogens is 2. The van der Waals surface area contributed by atoms with E-state index in [4.69, 9.17) is 9.84 Å². The topological polar surface area (TPSA) is 67.3 Å². The third-order valence-corrected chi connectivity index (χ3v) is 3.13. The van der Waals surface area contributed by atoms with Gasteiger partial charge in [-0.1, -0.05) is 22.0 Å². The molecule has 1 aromatic heterocycles. The van der Waals surface area contributed by atoms with Gasteiger partial charge in [-0.05, 0) is 23.8 Å². The number of benzene rings is 1. The van der Waals surface area contributed by atoms with E-state index in [1.807, 2.05) is 18.2 Å². The molecule has 0 unspecified atom stereocenters. The van der Waals surface area contributed by atoms with Gasteiger partial charge in [-0.25, -0.2) is 9.97 Å². The molecule has 0 radical (unpaired) electrons. The molecule has 1 heterocycles. The maximum absolute atomic E-state index is 8.70. The predicted molar refractivity (Wildman–Crippen MR) is 76.1 cm³/mol. The van der Waals surface area contributed by atoms with Crippen LogP contribution in [0.4, 0.5) is 5.95 Å². The van der Waals surface area contributed by atoms with Crippen LogP contribution >= 0.6 is 15.9 Å². The molecule has 2 rings (SSSR count). The second kappa shape index (κ2) is 7.06.